The highest BCUT2D eigenvalue weighted by atomic mass is 35.5. The van der Waals surface area contributed by atoms with E-state index >= 15 is 0 Å². The van der Waals surface area contributed by atoms with Crippen molar-refractivity contribution in [2.45, 2.75) is 13.3 Å². The monoisotopic (exact) mass is 398 g/mol. The Kier molecular flexibility index (Phi) is 5.96. The van der Waals surface area contributed by atoms with Crippen molar-refractivity contribution in [2.75, 3.05) is 10.2 Å². The molecule has 0 radical (unpaired) electrons. The summed E-state index contributed by atoms with van der Waals surface area (Å²) in [4.78, 5) is 33.6. The lowest BCUT2D eigenvalue weighted by Gasteiger charge is -2.20. The number of amides is 2. The number of aromatic nitrogens is 2. The summed E-state index contributed by atoms with van der Waals surface area (Å²) in [6, 6.07) is 11.4. The molecule has 3 rings (SSSR count). The summed E-state index contributed by atoms with van der Waals surface area (Å²) in [5, 5.41) is 3.26. The Hall–Kier alpha value is -3.32. The number of carbonyl (C=O) groups excluding carboxylic acids is 2. The van der Waals surface area contributed by atoms with E-state index in [0.717, 1.165) is 6.20 Å². The van der Waals surface area contributed by atoms with Crippen LogP contribution in [0.25, 0.3) is 0 Å². The minimum atomic E-state index is -0.576. The molecule has 1 N–H and O–H groups in total. The quantitative estimate of drug-likeness (QED) is 0.701. The average Bonchev–Trinajstić information content (AvgIpc) is 2.64. The standard InChI is InChI=1S/C20H16ClFN4O2/c1-13(27)26(17-9-15(22)11-23-12-17)19-10-16(6-7-24-19)25-20(28)8-14-4-2-3-5-18(14)21/h2-7,9-12H,8H2,1H3,(H,24,25,28). The Morgan fingerprint density at radius 3 is 2.68 bits per heavy atom. The molecule has 8 heteroatoms. The first-order valence-corrected chi connectivity index (χ1v) is 8.72. The van der Waals surface area contributed by atoms with Crippen LogP contribution in [0.3, 0.4) is 0 Å². The second-order valence-electron chi connectivity index (χ2n) is 5.93. The predicted octanol–water partition coefficient (Wildman–Crippen LogP) is 4.13. The van der Waals surface area contributed by atoms with Crippen LogP contribution >= 0.6 is 11.6 Å². The molecular weight excluding hydrogens is 383 g/mol. The van der Waals surface area contributed by atoms with Gasteiger partial charge in [0.15, 0.2) is 0 Å². The summed E-state index contributed by atoms with van der Waals surface area (Å²) in [7, 11) is 0. The van der Waals surface area contributed by atoms with Crippen molar-refractivity contribution < 1.29 is 14.0 Å². The number of nitrogens with zero attached hydrogens (tertiary/aromatic N) is 3. The van der Waals surface area contributed by atoms with Gasteiger partial charge < -0.3 is 5.32 Å². The van der Waals surface area contributed by atoms with Crippen molar-refractivity contribution in [1.29, 1.82) is 0 Å². The van der Waals surface area contributed by atoms with E-state index < -0.39 is 5.82 Å². The first-order valence-electron chi connectivity index (χ1n) is 8.34. The molecule has 0 saturated carbocycles. The third kappa shape index (κ3) is 4.69. The van der Waals surface area contributed by atoms with Crippen LogP contribution in [0.4, 0.5) is 21.6 Å². The summed E-state index contributed by atoms with van der Waals surface area (Å²) in [5.41, 5.74) is 1.38. The molecule has 2 amide bonds. The molecule has 0 fully saturated rings. The van der Waals surface area contributed by atoms with E-state index in [2.05, 4.69) is 15.3 Å². The molecule has 0 aliphatic heterocycles. The summed E-state index contributed by atoms with van der Waals surface area (Å²) >= 11 is 6.08. The minimum Gasteiger partial charge on any atom is -0.326 e. The van der Waals surface area contributed by atoms with Crippen LogP contribution in [0.5, 0.6) is 0 Å². The molecular formula is C20H16ClFN4O2. The topological polar surface area (TPSA) is 75.2 Å². The number of nitrogens with one attached hydrogen (secondary N) is 1. The van der Waals surface area contributed by atoms with E-state index in [-0.39, 0.29) is 29.7 Å². The Morgan fingerprint density at radius 2 is 1.96 bits per heavy atom. The highest BCUT2D eigenvalue weighted by Crippen LogP contribution is 2.26. The zero-order chi connectivity index (χ0) is 20.1. The van der Waals surface area contributed by atoms with Gasteiger partial charge in [0.1, 0.15) is 11.6 Å². The van der Waals surface area contributed by atoms with Gasteiger partial charge in [-0.2, -0.15) is 0 Å². The molecule has 6 nitrogen and oxygen atoms in total. The van der Waals surface area contributed by atoms with Gasteiger partial charge in [0.25, 0.3) is 0 Å². The normalized spacial score (nSPS) is 10.4. The first-order chi connectivity index (χ1) is 13.4. The van der Waals surface area contributed by atoms with E-state index in [4.69, 9.17) is 11.6 Å². The van der Waals surface area contributed by atoms with Crippen LogP contribution in [0.2, 0.25) is 5.02 Å². The average molecular weight is 399 g/mol. The molecule has 3 aromatic rings. The Bertz CT molecular complexity index is 1030. The van der Waals surface area contributed by atoms with Gasteiger partial charge in [0, 0.05) is 36.0 Å². The Labute approximate surface area is 166 Å². The smallest absolute Gasteiger partial charge is 0.229 e. The fraction of sp³-hybridized carbons (Fsp3) is 0.100. The number of carbonyl (C=O) groups is 2. The van der Waals surface area contributed by atoms with Crippen LogP contribution in [0.15, 0.2) is 61.1 Å². The number of hydrogen-bond acceptors (Lipinski definition) is 4. The van der Waals surface area contributed by atoms with Gasteiger partial charge >= 0.3 is 0 Å². The number of hydrogen-bond donors (Lipinski definition) is 1. The zero-order valence-corrected chi connectivity index (χ0v) is 15.7. The summed E-state index contributed by atoms with van der Waals surface area (Å²) in [5.74, 6) is -0.991. The second kappa shape index (κ2) is 8.58. The molecule has 0 aliphatic rings. The molecule has 2 heterocycles. The van der Waals surface area contributed by atoms with Crippen molar-refractivity contribution in [3.63, 3.8) is 0 Å². The van der Waals surface area contributed by atoms with Crippen LogP contribution in [-0.4, -0.2) is 21.8 Å². The molecule has 0 aliphatic carbocycles. The SMILES string of the molecule is CC(=O)N(c1cncc(F)c1)c1cc(NC(=O)Cc2ccccc2Cl)ccn1. The van der Waals surface area contributed by atoms with Crippen molar-refractivity contribution >= 4 is 40.6 Å². The van der Waals surface area contributed by atoms with E-state index in [1.54, 1.807) is 30.3 Å². The van der Waals surface area contributed by atoms with E-state index in [9.17, 15) is 14.0 Å². The highest BCUT2D eigenvalue weighted by molar-refractivity contribution is 6.31. The molecule has 0 saturated heterocycles. The fourth-order valence-corrected chi connectivity index (χ4v) is 2.84. The van der Waals surface area contributed by atoms with Crippen molar-refractivity contribution in [2.24, 2.45) is 0 Å². The third-order valence-electron chi connectivity index (χ3n) is 3.83. The maximum atomic E-state index is 13.5. The van der Waals surface area contributed by atoms with Gasteiger partial charge in [-0.1, -0.05) is 29.8 Å². The van der Waals surface area contributed by atoms with Crippen LogP contribution in [-0.2, 0) is 16.0 Å². The van der Waals surface area contributed by atoms with E-state index in [1.807, 2.05) is 0 Å². The Balaban J connectivity index is 1.81. The van der Waals surface area contributed by atoms with Gasteiger partial charge in [-0.3, -0.25) is 19.5 Å². The summed E-state index contributed by atoms with van der Waals surface area (Å²) in [6.45, 7) is 1.33. The number of benzene rings is 1. The van der Waals surface area contributed by atoms with E-state index in [1.165, 1.54) is 36.4 Å². The molecule has 0 unspecified atom stereocenters. The minimum absolute atomic E-state index is 0.0988. The van der Waals surface area contributed by atoms with Gasteiger partial charge in [0.05, 0.1) is 24.5 Å². The second-order valence-corrected chi connectivity index (χ2v) is 6.34. The van der Waals surface area contributed by atoms with Crippen molar-refractivity contribution in [1.82, 2.24) is 9.97 Å². The maximum absolute atomic E-state index is 13.5. The number of rotatable bonds is 5. The van der Waals surface area contributed by atoms with Crippen LogP contribution < -0.4 is 10.2 Å². The molecule has 142 valence electrons. The molecule has 0 spiro atoms. The van der Waals surface area contributed by atoms with Gasteiger partial charge in [0.2, 0.25) is 11.8 Å². The lowest BCUT2D eigenvalue weighted by molar-refractivity contribution is -0.116. The van der Waals surface area contributed by atoms with Gasteiger partial charge in [-0.25, -0.2) is 9.37 Å². The highest BCUT2D eigenvalue weighted by Gasteiger charge is 2.17. The maximum Gasteiger partial charge on any atom is 0.229 e. The predicted molar refractivity (Wildman–Crippen MR) is 105 cm³/mol. The number of pyridine rings is 2. The first kappa shape index (κ1) is 19.4. The molecule has 0 atom stereocenters. The largest absolute Gasteiger partial charge is 0.326 e. The lowest BCUT2D eigenvalue weighted by atomic mass is 10.1. The van der Waals surface area contributed by atoms with Gasteiger partial charge in [-0.05, 0) is 17.7 Å². The number of anilines is 3. The lowest BCUT2D eigenvalue weighted by Crippen LogP contribution is -2.24. The summed E-state index contributed by atoms with van der Waals surface area (Å²) < 4.78 is 13.5. The van der Waals surface area contributed by atoms with Crippen LogP contribution in [0.1, 0.15) is 12.5 Å². The molecule has 1 aromatic carbocycles. The molecule has 0 bridgehead atoms. The fourth-order valence-electron chi connectivity index (χ4n) is 2.64. The van der Waals surface area contributed by atoms with E-state index in [0.29, 0.717) is 16.3 Å². The summed E-state index contributed by atoms with van der Waals surface area (Å²) in [6.07, 6.45) is 3.94. The molecule has 28 heavy (non-hydrogen) atoms. The van der Waals surface area contributed by atoms with Crippen LogP contribution in [0, 0.1) is 5.82 Å². The van der Waals surface area contributed by atoms with Crippen molar-refractivity contribution in [3.05, 3.63) is 77.5 Å². The Morgan fingerprint density at radius 1 is 1.18 bits per heavy atom. The van der Waals surface area contributed by atoms with Crippen molar-refractivity contribution in [3.8, 4) is 0 Å². The number of halogens is 2. The molecule has 2 aromatic heterocycles. The van der Waals surface area contributed by atoms with Gasteiger partial charge in [-0.15, -0.1) is 0 Å². The zero-order valence-electron chi connectivity index (χ0n) is 14.9. The third-order valence-corrected chi connectivity index (χ3v) is 4.20.